The van der Waals surface area contributed by atoms with Gasteiger partial charge in [-0.3, -0.25) is 4.90 Å². The number of hydrogen-bond acceptors (Lipinski definition) is 3. The van der Waals surface area contributed by atoms with E-state index in [0.29, 0.717) is 6.61 Å². The first kappa shape index (κ1) is 14.9. The summed E-state index contributed by atoms with van der Waals surface area (Å²) in [5.74, 6) is -0.174. The second kappa shape index (κ2) is 6.03. The Morgan fingerprint density at radius 1 is 1.38 bits per heavy atom. The number of benzene rings is 1. The third kappa shape index (κ3) is 2.85. The van der Waals surface area contributed by atoms with Crippen molar-refractivity contribution < 1.29 is 14.2 Å². The van der Waals surface area contributed by atoms with Crippen LogP contribution in [0.3, 0.4) is 0 Å². The van der Waals surface area contributed by atoms with Crippen molar-refractivity contribution >= 4 is 0 Å². The molecule has 3 rings (SSSR count). The van der Waals surface area contributed by atoms with Gasteiger partial charge in [-0.05, 0) is 50.6 Å². The van der Waals surface area contributed by atoms with Crippen LogP contribution in [-0.4, -0.2) is 41.9 Å². The molecule has 2 fully saturated rings. The fourth-order valence-corrected chi connectivity index (χ4v) is 3.84. The van der Waals surface area contributed by atoms with Crippen LogP contribution in [0.25, 0.3) is 0 Å². The molecule has 0 radical (unpaired) electrons. The van der Waals surface area contributed by atoms with Crippen LogP contribution in [0.15, 0.2) is 24.3 Å². The topological polar surface area (TPSA) is 32.7 Å². The molecule has 0 bridgehead atoms. The van der Waals surface area contributed by atoms with Gasteiger partial charge in [-0.1, -0.05) is 12.1 Å². The molecule has 2 aliphatic rings. The highest BCUT2D eigenvalue weighted by atomic mass is 19.1. The van der Waals surface area contributed by atoms with Crippen molar-refractivity contribution in [3.63, 3.8) is 0 Å². The third-order valence-electron chi connectivity index (χ3n) is 5.19. The Bertz CT molecular complexity index is 483. The van der Waals surface area contributed by atoms with Crippen molar-refractivity contribution in [2.24, 2.45) is 5.41 Å². The van der Waals surface area contributed by atoms with Gasteiger partial charge in [-0.2, -0.15) is 0 Å². The van der Waals surface area contributed by atoms with E-state index in [-0.39, 0.29) is 23.4 Å². The molecule has 1 spiro atoms. The minimum atomic E-state index is -0.217. The maximum absolute atomic E-state index is 13.2. The van der Waals surface area contributed by atoms with E-state index in [0.717, 1.165) is 44.5 Å². The van der Waals surface area contributed by atoms with Crippen molar-refractivity contribution in [3.05, 3.63) is 35.6 Å². The van der Waals surface area contributed by atoms with Crippen molar-refractivity contribution in [1.29, 1.82) is 0 Å². The summed E-state index contributed by atoms with van der Waals surface area (Å²) in [5.41, 5.74) is 0.982. The third-order valence-corrected chi connectivity index (χ3v) is 5.19. The van der Waals surface area contributed by atoms with E-state index >= 15 is 0 Å². The molecule has 1 aromatic carbocycles. The van der Waals surface area contributed by atoms with Crippen LogP contribution < -0.4 is 0 Å². The second-order valence-corrected chi connectivity index (χ2v) is 6.33. The second-order valence-electron chi connectivity index (χ2n) is 6.33. The Morgan fingerprint density at radius 2 is 2.14 bits per heavy atom. The Balaban J connectivity index is 1.57. The van der Waals surface area contributed by atoms with Gasteiger partial charge in [-0.25, -0.2) is 4.39 Å². The van der Waals surface area contributed by atoms with Gasteiger partial charge in [0.2, 0.25) is 0 Å². The van der Waals surface area contributed by atoms with E-state index in [2.05, 4.69) is 4.90 Å². The summed E-state index contributed by atoms with van der Waals surface area (Å²) in [4.78, 5) is 2.34. The van der Waals surface area contributed by atoms with Crippen molar-refractivity contribution in [2.45, 2.75) is 44.9 Å². The zero-order valence-corrected chi connectivity index (χ0v) is 12.6. The maximum atomic E-state index is 13.2. The van der Waals surface area contributed by atoms with Gasteiger partial charge < -0.3 is 9.84 Å². The summed E-state index contributed by atoms with van der Waals surface area (Å²) in [5, 5.41) is 10.2. The lowest BCUT2D eigenvalue weighted by atomic mass is 9.58. The smallest absolute Gasteiger partial charge is 0.123 e. The Kier molecular flexibility index (Phi) is 4.29. The molecule has 1 saturated carbocycles. The quantitative estimate of drug-likeness (QED) is 0.926. The molecule has 116 valence electrons. The monoisotopic (exact) mass is 293 g/mol. The highest BCUT2D eigenvalue weighted by Gasteiger charge is 2.55. The lowest BCUT2D eigenvalue weighted by Gasteiger charge is -2.56. The first-order chi connectivity index (χ1) is 10.1. The van der Waals surface area contributed by atoms with Crippen LogP contribution in [0.5, 0.6) is 0 Å². The molecule has 2 unspecified atom stereocenters. The SMILES string of the molecule is CCOC1CC(O)C12CCN(Cc1cccc(F)c1)CC2. The van der Waals surface area contributed by atoms with Gasteiger partial charge in [0.15, 0.2) is 0 Å². The van der Waals surface area contributed by atoms with E-state index in [4.69, 9.17) is 4.74 Å². The van der Waals surface area contributed by atoms with E-state index in [9.17, 15) is 9.50 Å². The minimum absolute atomic E-state index is 0.0333. The molecule has 1 N–H and O–H groups in total. The molecular formula is C17H24FNO2. The first-order valence-electron chi connectivity index (χ1n) is 7.90. The van der Waals surface area contributed by atoms with Gasteiger partial charge in [-0.15, -0.1) is 0 Å². The predicted molar refractivity (Wildman–Crippen MR) is 79.4 cm³/mol. The molecule has 1 aromatic rings. The maximum Gasteiger partial charge on any atom is 0.123 e. The molecular weight excluding hydrogens is 269 g/mol. The van der Waals surface area contributed by atoms with Crippen LogP contribution in [0.1, 0.15) is 31.7 Å². The molecule has 1 saturated heterocycles. The number of hydrogen-bond donors (Lipinski definition) is 1. The number of aliphatic hydroxyl groups excluding tert-OH is 1. The zero-order chi connectivity index (χ0) is 14.9. The normalized spacial score (nSPS) is 28.5. The molecule has 21 heavy (non-hydrogen) atoms. The number of nitrogens with zero attached hydrogens (tertiary/aromatic N) is 1. The summed E-state index contributed by atoms with van der Waals surface area (Å²) >= 11 is 0. The van der Waals surface area contributed by atoms with E-state index in [1.54, 1.807) is 12.1 Å². The van der Waals surface area contributed by atoms with Gasteiger partial charge >= 0.3 is 0 Å². The highest BCUT2D eigenvalue weighted by molar-refractivity contribution is 5.16. The van der Waals surface area contributed by atoms with Crippen LogP contribution in [0, 0.1) is 11.2 Å². The van der Waals surface area contributed by atoms with Crippen LogP contribution in [0.2, 0.25) is 0 Å². The van der Waals surface area contributed by atoms with Crippen LogP contribution in [0.4, 0.5) is 4.39 Å². The van der Waals surface area contributed by atoms with E-state index in [1.165, 1.54) is 6.07 Å². The summed E-state index contributed by atoms with van der Waals surface area (Å²) in [6.45, 7) is 5.39. The standard InChI is InChI=1S/C17H24FNO2/c1-2-21-16-11-15(20)17(16)6-8-19(9-7-17)12-13-4-3-5-14(18)10-13/h3-5,10,15-16,20H,2,6-9,11-12H2,1H3. The minimum Gasteiger partial charge on any atom is -0.392 e. The Labute approximate surface area is 125 Å². The van der Waals surface area contributed by atoms with E-state index in [1.807, 2.05) is 13.0 Å². The van der Waals surface area contributed by atoms with Crippen molar-refractivity contribution in [1.82, 2.24) is 4.90 Å². The zero-order valence-electron chi connectivity index (χ0n) is 12.6. The molecule has 1 heterocycles. The number of piperidine rings is 1. The van der Waals surface area contributed by atoms with Gasteiger partial charge in [0.25, 0.3) is 0 Å². The fraction of sp³-hybridized carbons (Fsp3) is 0.647. The average Bonchev–Trinajstić information content (AvgIpc) is 2.48. The molecule has 4 heteroatoms. The van der Waals surface area contributed by atoms with Crippen LogP contribution in [-0.2, 0) is 11.3 Å². The van der Waals surface area contributed by atoms with Gasteiger partial charge in [0.05, 0.1) is 12.2 Å². The van der Waals surface area contributed by atoms with Crippen molar-refractivity contribution in [2.75, 3.05) is 19.7 Å². The fourth-order valence-electron chi connectivity index (χ4n) is 3.84. The number of ether oxygens (including phenoxy) is 1. The number of halogens is 1. The summed E-state index contributed by atoms with van der Waals surface area (Å²) < 4.78 is 19.0. The lowest BCUT2D eigenvalue weighted by Crippen LogP contribution is -2.62. The number of rotatable bonds is 4. The molecule has 1 aliphatic heterocycles. The van der Waals surface area contributed by atoms with Gasteiger partial charge in [0, 0.05) is 25.0 Å². The molecule has 1 aliphatic carbocycles. The Hall–Kier alpha value is -0.970. The van der Waals surface area contributed by atoms with Crippen molar-refractivity contribution in [3.8, 4) is 0 Å². The molecule has 3 nitrogen and oxygen atoms in total. The number of likely N-dealkylation sites (tertiary alicyclic amines) is 1. The molecule has 0 amide bonds. The number of aliphatic hydroxyl groups is 1. The summed E-state index contributed by atoms with van der Waals surface area (Å²) in [6, 6.07) is 6.81. The molecule has 2 atom stereocenters. The lowest BCUT2D eigenvalue weighted by molar-refractivity contribution is -0.209. The predicted octanol–water partition coefficient (Wildman–Crippen LogP) is 2.58. The molecule has 0 aromatic heterocycles. The Morgan fingerprint density at radius 3 is 2.76 bits per heavy atom. The summed E-state index contributed by atoms with van der Waals surface area (Å²) in [6.07, 6.45) is 2.71. The highest BCUT2D eigenvalue weighted by Crippen LogP contribution is 2.51. The van der Waals surface area contributed by atoms with E-state index < -0.39 is 0 Å². The largest absolute Gasteiger partial charge is 0.392 e. The first-order valence-corrected chi connectivity index (χ1v) is 7.90. The van der Waals surface area contributed by atoms with Gasteiger partial charge in [0.1, 0.15) is 5.82 Å². The van der Waals surface area contributed by atoms with Crippen LogP contribution >= 0.6 is 0 Å². The summed E-state index contributed by atoms with van der Waals surface area (Å²) in [7, 11) is 0. The average molecular weight is 293 g/mol.